The SMILES string of the molecule is O=S(=O)(O)O.[Cu].[H+]. The standard InChI is InChI=1S/Cu.H2O4S/c;1-5(2,3)4/h;(H2,1,2,3,4)/p+1. The van der Waals surface area contributed by atoms with Gasteiger partial charge < -0.3 is 0 Å². The van der Waals surface area contributed by atoms with Crippen molar-refractivity contribution in [1.82, 2.24) is 0 Å². The summed E-state index contributed by atoms with van der Waals surface area (Å²) in [5, 5.41) is 0. The maximum Gasteiger partial charge on any atom is 1.00 e. The molecule has 0 aliphatic rings. The van der Waals surface area contributed by atoms with Crippen molar-refractivity contribution in [2.75, 3.05) is 0 Å². The number of hydrogen-bond acceptors (Lipinski definition) is 2. The van der Waals surface area contributed by atoms with Crippen LogP contribution in [0.5, 0.6) is 0 Å². The van der Waals surface area contributed by atoms with Crippen LogP contribution >= 0.6 is 0 Å². The van der Waals surface area contributed by atoms with Gasteiger partial charge in [0.1, 0.15) is 0 Å². The van der Waals surface area contributed by atoms with Gasteiger partial charge in [-0.25, -0.2) is 0 Å². The van der Waals surface area contributed by atoms with Crippen LogP contribution in [0.3, 0.4) is 0 Å². The van der Waals surface area contributed by atoms with Crippen molar-refractivity contribution < 1.29 is 36.0 Å². The molecule has 0 atom stereocenters. The molecule has 43 valence electrons. The summed E-state index contributed by atoms with van der Waals surface area (Å²) in [6, 6.07) is 0. The van der Waals surface area contributed by atoms with Crippen molar-refractivity contribution in [2.24, 2.45) is 0 Å². The van der Waals surface area contributed by atoms with E-state index in [9.17, 15) is 0 Å². The fourth-order valence-corrected chi connectivity index (χ4v) is 0. The second-order valence-electron chi connectivity index (χ2n) is 0.448. The average molecular weight is 163 g/mol. The Labute approximate surface area is 47.1 Å². The molecular formula is H3CuO4S+. The van der Waals surface area contributed by atoms with E-state index in [0.717, 1.165) is 0 Å². The van der Waals surface area contributed by atoms with Crippen molar-refractivity contribution in [1.29, 1.82) is 0 Å². The molecule has 0 bridgehead atoms. The molecule has 6 heteroatoms. The van der Waals surface area contributed by atoms with Crippen LogP contribution in [0.15, 0.2) is 0 Å². The summed E-state index contributed by atoms with van der Waals surface area (Å²) in [7, 11) is -4.67. The van der Waals surface area contributed by atoms with E-state index in [0.29, 0.717) is 0 Å². The quantitative estimate of drug-likeness (QED) is 0.371. The van der Waals surface area contributed by atoms with Gasteiger partial charge in [0.05, 0.1) is 0 Å². The van der Waals surface area contributed by atoms with Gasteiger partial charge in [-0.2, -0.15) is 8.42 Å². The Morgan fingerprint density at radius 3 is 1.33 bits per heavy atom. The molecule has 0 saturated heterocycles. The van der Waals surface area contributed by atoms with E-state index in [1.807, 2.05) is 0 Å². The van der Waals surface area contributed by atoms with Crippen molar-refractivity contribution in [3.63, 3.8) is 0 Å². The molecule has 0 amide bonds. The van der Waals surface area contributed by atoms with Crippen molar-refractivity contribution in [2.45, 2.75) is 0 Å². The maximum absolute atomic E-state index is 8.74. The smallest absolute Gasteiger partial charge is 0.264 e. The molecule has 0 unspecified atom stereocenters. The number of hydrogen-bond donors (Lipinski definition) is 2. The minimum Gasteiger partial charge on any atom is -0.264 e. The van der Waals surface area contributed by atoms with E-state index in [2.05, 4.69) is 0 Å². The fraction of sp³-hybridized carbons (Fsp3) is 0. The molecule has 0 saturated carbocycles. The molecule has 0 aromatic heterocycles. The second-order valence-corrected chi connectivity index (χ2v) is 1.34. The van der Waals surface area contributed by atoms with Crippen LogP contribution in [-0.2, 0) is 27.5 Å². The molecular weight excluding hydrogens is 160 g/mol. The first-order valence-corrected chi connectivity index (χ1v) is 2.10. The minimum atomic E-state index is -4.67. The largest absolute Gasteiger partial charge is 1.00 e. The Morgan fingerprint density at radius 2 is 1.33 bits per heavy atom. The average Bonchev–Trinajstić information content (AvgIpc) is 0.722. The molecule has 0 aromatic rings. The van der Waals surface area contributed by atoms with Crippen LogP contribution in [0.25, 0.3) is 0 Å². The van der Waals surface area contributed by atoms with Crippen molar-refractivity contribution in [3.8, 4) is 0 Å². The zero-order valence-electron chi connectivity index (χ0n) is 3.42. The van der Waals surface area contributed by atoms with Gasteiger partial charge in [-0.05, 0) is 0 Å². The summed E-state index contributed by atoms with van der Waals surface area (Å²) in [5.74, 6) is 0. The summed E-state index contributed by atoms with van der Waals surface area (Å²) in [6.07, 6.45) is 0. The fourth-order valence-electron chi connectivity index (χ4n) is 0. The molecule has 2 N–H and O–H groups in total. The molecule has 0 fully saturated rings. The molecule has 1 radical (unpaired) electrons. The van der Waals surface area contributed by atoms with Crippen LogP contribution in [-0.4, -0.2) is 17.5 Å². The third-order valence-corrected chi connectivity index (χ3v) is 0. The molecule has 4 nitrogen and oxygen atoms in total. The third kappa shape index (κ3) is 332. The summed E-state index contributed by atoms with van der Waals surface area (Å²) < 4.78 is 31.6. The van der Waals surface area contributed by atoms with Gasteiger partial charge in [-0.1, -0.05) is 0 Å². The Hall–Kier alpha value is 0.389. The van der Waals surface area contributed by atoms with E-state index in [-0.39, 0.29) is 18.5 Å². The molecule has 0 aliphatic carbocycles. The topological polar surface area (TPSA) is 74.6 Å². The van der Waals surface area contributed by atoms with E-state index < -0.39 is 10.4 Å². The van der Waals surface area contributed by atoms with Gasteiger partial charge in [0.2, 0.25) is 0 Å². The predicted molar refractivity (Wildman–Crippen MR) is 15.3 cm³/mol. The Balaban J connectivity index is -0.0000000800. The van der Waals surface area contributed by atoms with Crippen LogP contribution in [0.1, 0.15) is 1.43 Å². The predicted octanol–water partition coefficient (Wildman–Crippen LogP) is -0.543. The van der Waals surface area contributed by atoms with Crippen LogP contribution in [0, 0.1) is 0 Å². The zero-order chi connectivity index (χ0) is 4.50. The van der Waals surface area contributed by atoms with Gasteiger partial charge in [-0.3, -0.25) is 9.11 Å². The zero-order valence-corrected chi connectivity index (χ0v) is 4.18. The molecule has 0 rings (SSSR count). The summed E-state index contributed by atoms with van der Waals surface area (Å²) in [6.45, 7) is 0. The second kappa shape index (κ2) is 2.54. The van der Waals surface area contributed by atoms with E-state index in [1.54, 1.807) is 0 Å². The Morgan fingerprint density at radius 1 is 1.33 bits per heavy atom. The normalized spacial score (nSPS) is 9.67. The molecule has 0 aromatic carbocycles. The Bertz CT molecular complexity index is 94.9. The van der Waals surface area contributed by atoms with Gasteiger partial charge in [-0.15, -0.1) is 0 Å². The van der Waals surface area contributed by atoms with Gasteiger partial charge in [0.25, 0.3) is 0 Å². The van der Waals surface area contributed by atoms with Crippen molar-refractivity contribution in [3.05, 3.63) is 0 Å². The van der Waals surface area contributed by atoms with E-state index >= 15 is 0 Å². The van der Waals surface area contributed by atoms with E-state index in [1.165, 1.54) is 0 Å². The summed E-state index contributed by atoms with van der Waals surface area (Å²) in [4.78, 5) is 0. The van der Waals surface area contributed by atoms with E-state index in [4.69, 9.17) is 17.5 Å². The van der Waals surface area contributed by atoms with Gasteiger partial charge >= 0.3 is 11.8 Å². The first-order valence-electron chi connectivity index (χ1n) is 0.698. The molecule has 0 aliphatic heterocycles. The first kappa shape index (κ1) is 9.63. The molecule has 6 heavy (non-hydrogen) atoms. The molecule has 0 heterocycles. The monoisotopic (exact) mass is 162 g/mol. The maximum atomic E-state index is 8.74. The summed E-state index contributed by atoms with van der Waals surface area (Å²) >= 11 is 0. The minimum absolute atomic E-state index is 0. The number of rotatable bonds is 0. The third-order valence-electron chi connectivity index (χ3n) is 0. The Kier molecular flexibility index (Phi) is 4.08. The molecule has 0 spiro atoms. The van der Waals surface area contributed by atoms with Crippen LogP contribution in [0.2, 0.25) is 0 Å². The van der Waals surface area contributed by atoms with Crippen LogP contribution < -0.4 is 0 Å². The van der Waals surface area contributed by atoms with Crippen LogP contribution in [0.4, 0.5) is 0 Å². The van der Waals surface area contributed by atoms with Gasteiger partial charge in [0.15, 0.2) is 0 Å². The van der Waals surface area contributed by atoms with Crippen molar-refractivity contribution >= 4 is 10.4 Å². The van der Waals surface area contributed by atoms with Gasteiger partial charge in [0, 0.05) is 17.1 Å². The first-order chi connectivity index (χ1) is 2.00. The summed E-state index contributed by atoms with van der Waals surface area (Å²) in [5.41, 5.74) is 0.